The second kappa shape index (κ2) is 8.79. The van der Waals surface area contributed by atoms with Crippen molar-refractivity contribution < 1.29 is 9.59 Å². The number of aryl methyl sites for hydroxylation is 1. The van der Waals surface area contributed by atoms with Crippen LogP contribution >= 0.6 is 0 Å². The van der Waals surface area contributed by atoms with Gasteiger partial charge in [-0.3, -0.25) is 14.5 Å². The maximum atomic E-state index is 13.0. The van der Waals surface area contributed by atoms with Crippen LogP contribution in [0.3, 0.4) is 0 Å². The maximum Gasteiger partial charge on any atom is 0.237 e. The molecule has 5 rings (SSSR count). The summed E-state index contributed by atoms with van der Waals surface area (Å²) in [6, 6.07) is 16.4. The third-order valence-electron chi connectivity index (χ3n) is 6.92. The van der Waals surface area contributed by atoms with Crippen molar-refractivity contribution in [1.29, 1.82) is 0 Å². The third kappa shape index (κ3) is 4.15. The van der Waals surface area contributed by atoms with Crippen molar-refractivity contribution in [3.05, 3.63) is 70.9 Å². The number of rotatable bonds is 4. The summed E-state index contributed by atoms with van der Waals surface area (Å²) in [7, 11) is 0. The van der Waals surface area contributed by atoms with Gasteiger partial charge in [-0.2, -0.15) is 0 Å². The standard InChI is InChI=1S/C26H30N4O2/c1-19-6-2-3-7-20(19)16-25(31)29-14-12-28(13-15-29)18-26(32)30-11-10-24-22(17-30)21-8-4-5-9-23(21)27-24/h2-9,27H,10-18H2,1H3. The number of H-pyrrole nitrogens is 1. The fourth-order valence-electron chi connectivity index (χ4n) is 4.91. The van der Waals surface area contributed by atoms with E-state index in [2.05, 4.69) is 28.1 Å². The van der Waals surface area contributed by atoms with Gasteiger partial charge in [-0.1, -0.05) is 42.5 Å². The minimum atomic E-state index is 0.174. The van der Waals surface area contributed by atoms with Gasteiger partial charge >= 0.3 is 0 Å². The molecule has 3 heterocycles. The molecule has 1 aromatic heterocycles. The number of aromatic nitrogens is 1. The number of benzene rings is 2. The molecule has 1 saturated heterocycles. The van der Waals surface area contributed by atoms with E-state index in [-0.39, 0.29) is 11.8 Å². The minimum Gasteiger partial charge on any atom is -0.358 e. The number of hydrogen-bond acceptors (Lipinski definition) is 3. The van der Waals surface area contributed by atoms with Crippen LogP contribution in [0.1, 0.15) is 22.4 Å². The molecule has 6 nitrogen and oxygen atoms in total. The summed E-state index contributed by atoms with van der Waals surface area (Å²) in [6.07, 6.45) is 1.32. The average Bonchev–Trinajstić information content (AvgIpc) is 3.19. The smallest absolute Gasteiger partial charge is 0.237 e. The molecule has 0 bridgehead atoms. The highest BCUT2D eigenvalue weighted by Gasteiger charge is 2.27. The molecule has 0 saturated carbocycles. The van der Waals surface area contributed by atoms with Gasteiger partial charge < -0.3 is 14.8 Å². The Hall–Kier alpha value is -3.12. The first-order valence-corrected chi connectivity index (χ1v) is 11.5. The fraction of sp³-hybridized carbons (Fsp3) is 0.385. The number of piperazine rings is 1. The van der Waals surface area contributed by atoms with Gasteiger partial charge in [-0.15, -0.1) is 0 Å². The Morgan fingerprint density at radius 2 is 1.62 bits per heavy atom. The molecular formula is C26H30N4O2. The highest BCUT2D eigenvalue weighted by Crippen LogP contribution is 2.27. The Bertz CT molecular complexity index is 1140. The van der Waals surface area contributed by atoms with Crippen LogP contribution in [0.4, 0.5) is 0 Å². The van der Waals surface area contributed by atoms with E-state index in [1.54, 1.807) is 0 Å². The Balaban J connectivity index is 1.14. The molecule has 2 aliphatic heterocycles. The van der Waals surface area contributed by atoms with Crippen molar-refractivity contribution in [2.45, 2.75) is 26.3 Å². The number of fused-ring (bicyclic) bond motifs is 3. The highest BCUT2D eigenvalue weighted by molar-refractivity contribution is 5.86. The predicted octanol–water partition coefficient (Wildman–Crippen LogP) is 2.75. The molecule has 0 unspecified atom stereocenters. The van der Waals surface area contributed by atoms with Crippen LogP contribution in [-0.2, 0) is 29.0 Å². The third-order valence-corrected chi connectivity index (χ3v) is 6.92. The van der Waals surface area contributed by atoms with Crippen LogP contribution in [0.15, 0.2) is 48.5 Å². The molecule has 32 heavy (non-hydrogen) atoms. The second-order valence-corrected chi connectivity index (χ2v) is 8.95. The van der Waals surface area contributed by atoms with Crippen LogP contribution in [0.25, 0.3) is 10.9 Å². The van der Waals surface area contributed by atoms with Crippen LogP contribution in [0.2, 0.25) is 0 Å². The van der Waals surface area contributed by atoms with Gasteiger partial charge in [-0.05, 0) is 24.1 Å². The monoisotopic (exact) mass is 430 g/mol. The zero-order chi connectivity index (χ0) is 22.1. The molecule has 0 aliphatic carbocycles. The van der Waals surface area contributed by atoms with Crippen molar-refractivity contribution in [2.75, 3.05) is 39.3 Å². The minimum absolute atomic E-state index is 0.174. The predicted molar refractivity (Wildman–Crippen MR) is 125 cm³/mol. The largest absolute Gasteiger partial charge is 0.358 e. The first-order valence-electron chi connectivity index (χ1n) is 11.5. The number of aromatic amines is 1. The van der Waals surface area contributed by atoms with Crippen LogP contribution < -0.4 is 0 Å². The molecule has 0 spiro atoms. The van der Waals surface area contributed by atoms with Crippen molar-refractivity contribution >= 4 is 22.7 Å². The van der Waals surface area contributed by atoms with Crippen molar-refractivity contribution in [3.63, 3.8) is 0 Å². The molecule has 1 N–H and O–H groups in total. The van der Waals surface area contributed by atoms with Gasteiger partial charge in [0.15, 0.2) is 0 Å². The topological polar surface area (TPSA) is 59.7 Å². The lowest BCUT2D eigenvalue weighted by Gasteiger charge is -2.36. The molecule has 2 amide bonds. The molecule has 2 aromatic carbocycles. The quantitative estimate of drug-likeness (QED) is 0.693. The normalized spacial score (nSPS) is 16.9. The molecule has 0 radical (unpaired) electrons. The molecule has 2 aliphatic rings. The summed E-state index contributed by atoms with van der Waals surface area (Å²) >= 11 is 0. The van der Waals surface area contributed by atoms with Crippen molar-refractivity contribution in [3.8, 4) is 0 Å². The Kier molecular flexibility index (Phi) is 5.70. The molecule has 6 heteroatoms. The summed E-state index contributed by atoms with van der Waals surface area (Å²) < 4.78 is 0. The summed E-state index contributed by atoms with van der Waals surface area (Å²) in [4.78, 5) is 35.4. The van der Waals surface area contributed by atoms with Crippen molar-refractivity contribution in [1.82, 2.24) is 19.7 Å². The van der Waals surface area contributed by atoms with Gasteiger partial charge in [0.1, 0.15) is 0 Å². The van der Waals surface area contributed by atoms with E-state index in [1.807, 2.05) is 47.1 Å². The van der Waals surface area contributed by atoms with Gasteiger partial charge in [-0.25, -0.2) is 0 Å². The summed E-state index contributed by atoms with van der Waals surface area (Å²) in [6.45, 7) is 6.77. The zero-order valence-corrected chi connectivity index (χ0v) is 18.6. The number of nitrogens with one attached hydrogen (secondary N) is 1. The zero-order valence-electron chi connectivity index (χ0n) is 18.6. The van der Waals surface area contributed by atoms with E-state index >= 15 is 0 Å². The number of amides is 2. The van der Waals surface area contributed by atoms with E-state index in [4.69, 9.17) is 0 Å². The number of para-hydroxylation sites is 1. The Labute approximate surface area is 188 Å². The van der Waals surface area contributed by atoms with E-state index in [9.17, 15) is 9.59 Å². The van der Waals surface area contributed by atoms with Gasteiger partial charge in [0.25, 0.3) is 0 Å². The molecular weight excluding hydrogens is 400 g/mol. The molecule has 3 aromatic rings. The van der Waals surface area contributed by atoms with Crippen LogP contribution in [0, 0.1) is 6.92 Å². The van der Waals surface area contributed by atoms with Crippen molar-refractivity contribution in [2.24, 2.45) is 0 Å². The first-order chi connectivity index (χ1) is 15.6. The van der Waals surface area contributed by atoms with E-state index in [1.165, 1.54) is 16.6 Å². The average molecular weight is 431 g/mol. The first kappa shape index (κ1) is 20.8. The lowest BCUT2D eigenvalue weighted by molar-refractivity contribution is -0.135. The lowest BCUT2D eigenvalue weighted by atomic mass is 10.0. The summed E-state index contributed by atoms with van der Waals surface area (Å²) in [5.74, 6) is 0.355. The van der Waals surface area contributed by atoms with Crippen LogP contribution in [0.5, 0.6) is 0 Å². The lowest BCUT2D eigenvalue weighted by Crippen LogP contribution is -2.52. The Morgan fingerprint density at radius 1 is 0.875 bits per heavy atom. The number of carbonyl (C=O) groups excluding carboxylic acids is 2. The fourth-order valence-corrected chi connectivity index (χ4v) is 4.91. The number of nitrogens with zero attached hydrogens (tertiary/aromatic N) is 3. The van der Waals surface area contributed by atoms with Gasteiger partial charge in [0.2, 0.25) is 11.8 Å². The maximum absolute atomic E-state index is 13.0. The summed E-state index contributed by atoms with van der Waals surface area (Å²) in [5.41, 5.74) is 5.92. The number of hydrogen-bond donors (Lipinski definition) is 1. The van der Waals surface area contributed by atoms with Gasteiger partial charge in [0, 0.05) is 67.8 Å². The van der Waals surface area contributed by atoms with E-state index in [0.29, 0.717) is 32.6 Å². The molecule has 1 fully saturated rings. The highest BCUT2D eigenvalue weighted by atomic mass is 16.2. The van der Waals surface area contributed by atoms with E-state index < -0.39 is 0 Å². The Morgan fingerprint density at radius 3 is 2.44 bits per heavy atom. The van der Waals surface area contributed by atoms with Gasteiger partial charge in [0.05, 0.1) is 13.0 Å². The molecule has 0 atom stereocenters. The SMILES string of the molecule is Cc1ccccc1CC(=O)N1CCN(CC(=O)N2CCc3[nH]c4ccccc4c3C2)CC1. The number of carbonyl (C=O) groups is 2. The van der Waals surface area contributed by atoms with Crippen LogP contribution in [-0.4, -0.2) is 70.8 Å². The second-order valence-electron chi connectivity index (χ2n) is 8.95. The molecule has 166 valence electrons. The summed E-state index contributed by atoms with van der Waals surface area (Å²) in [5, 5.41) is 1.22. The van der Waals surface area contributed by atoms with E-state index in [0.717, 1.165) is 42.7 Å².